The number of carbonyl (C=O) groups is 2. The Hall–Kier alpha value is -1.75. The maximum atomic E-state index is 11.3. The Balaban J connectivity index is 2.70. The lowest BCUT2D eigenvalue weighted by molar-refractivity contribution is -0.123. The van der Waals surface area contributed by atoms with E-state index < -0.39 is 5.91 Å². The zero-order valence-electron chi connectivity index (χ0n) is 10.7. The van der Waals surface area contributed by atoms with Gasteiger partial charge in [0.05, 0.1) is 0 Å². The molecule has 0 aliphatic heterocycles. The zero-order chi connectivity index (χ0) is 14.3. The van der Waals surface area contributed by atoms with Gasteiger partial charge in [-0.15, -0.1) is 0 Å². The SMILES string of the molecule is CCNC(=O)COc1ccc(Cl)cc1CCC(N)=O. The van der Waals surface area contributed by atoms with Crippen LogP contribution in [0, 0.1) is 0 Å². The van der Waals surface area contributed by atoms with E-state index in [9.17, 15) is 9.59 Å². The van der Waals surface area contributed by atoms with Crippen molar-refractivity contribution in [3.63, 3.8) is 0 Å². The number of likely N-dealkylation sites (N-methyl/N-ethyl adjacent to an activating group) is 1. The van der Waals surface area contributed by atoms with Crippen LogP contribution >= 0.6 is 11.6 Å². The van der Waals surface area contributed by atoms with Crippen LogP contribution in [0.3, 0.4) is 0 Å². The Labute approximate surface area is 117 Å². The maximum absolute atomic E-state index is 11.3. The van der Waals surface area contributed by atoms with Crippen molar-refractivity contribution in [2.75, 3.05) is 13.2 Å². The molecular weight excluding hydrogens is 268 g/mol. The summed E-state index contributed by atoms with van der Waals surface area (Å²) in [5.41, 5.74) is 5.87. The third kappa shape index (κ3) is 5.61. The molecule has 0 aromatic heterocycles. The van der Waals surface area contributed by atoms with Crippen molar-refractivity contribution in [2.24, 2.45) is 5.73 Å². The molecule has 5 nitrogen and oxygen atoms in total. The molecule has 0 aliphatic carbocycles. The van der Waals surface area contributed by atoms with Crippen molar-refractivity contribution in [3.05, 3.63) is 28.8 Å². The molecule has 0 unspecified atom stereocenters. The number of halogens is 1. The standard InChI is InChI=1S/C13H17ClN2O3/c1-2-16-13(18)8-19-11-5-4-10(14)7-9(11)3-6-12(15)17/h4-5,7H,2-3,6,8H2,1H3,(H2,15,17)(H,16,18). The highest BCUT2D eigenvalue weighted by atomic mass is 35.5. The molecule has 0 saturated carbocycles. The predicted molar refractivity (Wildman–Crippen MR) is 73.1 cm³/mol. The van der Waals surface area contributed by atoms with Crippen molar-refractivity contribution in [3.8, 4) is 5.75 Å². The Kier molecular flexibility index (Phi) is 6.15. The molecule has 0 bridgehead atoms. The Morgan fingerprint density at radius 3 is 2.79 bits per heavy atom. The highest BCUT2D eigenvalue weighted by Crippen LogP contribution is 2.24. The van der Waals surface area contributed by atoms with Gasteiger partial charge in [0.25, 0.3) is 5.91 Å². The van der Waals surface area contributed by atoms with E-state index >= 15 is 0 Å². The molecule has 0 fully saturated rings. The summed E-state index contributed by atoms with van der Waals surface area (Å²) in [6, 6.07) is 5.05. The summed E-state index contributed by atoms with van der Waals surface area (Å²) < 4.78 is 5.42. The highest BCUT2D eigenvalue weighted by Gasteiger charge is 2.08. The third-order valence-electron chi connectivity index (χ3n) is 2.40. The van der Waals surface area contributed by atoms with Gasteiger partial charge in [0, 0.05) is 18.0 Å². The average molecular weight is 285 g/mol. The highest BCUT2D eigenvalue weighted by molar-refractivity contribution is 6.30. The number of hydrogen-bond donors (Lipinski definition) is 2. The molecule has 104 valence electrons. The van der Waals surface area contributed by atoms with Crippen LogP contribution in [-0.4, -0.2) is 25.0 Å². The molecule has 6 heteroatoms. The second-order valence-corrected chi connectivity index (χ2v) is 4.40. The average Bonchev–Trinajstić information content (AvgIpc) is 2.35. The molecule has 0 radical (unpaired) electrons. The topological polar surface area (TPSA) is 81.4 Å². The fraction of sp³-hybridized carbons (Fsp3) is 0.385. The molecule has 0 heterocycles. The number of rotatable bonds is 7. The van der Waals surface area contributed by atoms with Crippen LogP contribution in [0.25, 0.3) is 0 Å². The van der Waals surface area contributed by atoms with Crippen LogP contribution in [-0.2, 0) is 16.0 Å². The second-order valence-electron chi connectivity index (χ2n) is 3.96. The van der Waals surface area contributed by atoms with Crippen molar-refractivity contribution in [1.82, 2.24) is 5.32 Å². The van der Waals surface area contributed by atoms with Gasteiger partial charge in [-0.1, -0.05) is 11.6 Å². The Morgan fingerprint density at radius 2 is 2.16 bits per heavy atom. The van der Waals surface area contributed by atoms with Gasteiger partial charge in [0.2, 0.25) is 5.91 Å². The van der Waals surface area contributed by atoms with E-state index in [0.717, 1.165) is 5.56 Å². The van der Waals surface area contributed by atoms with Crippen molar-refractivity contribution >= 4 is 23.4 Å². The van der Waals surface area contributed by atoms with E-state index in [2.05, 4.69) is 5.32 Å². The van der Waals surface area contributed by atoms with E-state index in [1.54, 1.807) is 18.2 Å². The number of nitrogens with one attached hydrogen (secondary N) is 1. The zero-order valence-corrected chi connectivity index (χ0v) is 11.5. The fourth-order valence-corrected chi connectivity index (χ4v) is 1.73. The third-order valence-corrected chi connectivity index (χ3v) is 2.63. The summed E-state index contributed by atoms with van der Waals surface area (Å²) in [7, 11) is 0. The minimum absolute atomic E-state index is 0.0704. The summed E-state index contributed by atoms with van der Waals surface area (Å²) in [6.45, 7) is 2.31. The first-order chi connectivity index (χ1) is 9.02. The van der Waals surface area contributed by atoms with Gasteiger partial charge in [-0.2, -0.15) is 0 Å². The van der Waals surface area contributed by atoms with Crippen LogP contribution in [0.2, 0.25) is 5.02 Å². The van der Waals surface area contributed by atoms with E-state index in [1.165, 1.54) is 0 Å². The van der Waals surface area contributed by atoms with Gasteiger partial charge in [-0.3, -0.25) is 9.59 Å². The largest absolute Gasteiger partial charge is 0.483 e. The molecule has 19 heavy (non-hydrogen) atoms. The van der Waals surface area contributed by atoms with Gasteiger partial charge in [0.15, 0.2) is 6.61 Å². The lowest BCUT2D eigenvalue weighted by Gasteiger charge is -2.11. The number of hydrogen-bond acceptors (Lipinski definition) is 3. The fourth-order valence-electron chi connectivity index (χ4n) is 1.53. The number of carbonyl (C=O) groups excluding carboxylic acids is 2. The van der Waals surface area contributed by atoms with Gasteiger partial charge >= 0.3 is 0 Å². The first-order valence-electron chi connectivity index (χ1n) is 5.99. The number of nitrogens with two attached hydrogens (primary N) is 1. The number of primary amides is 1. The molecule has 0 aliphatic rings. The van der Waals surface area contributed by atoms with Gasteiger partial charge in [-0.05, 0) is 37.1 Å². The summed E-state index contributed by atoms with van der Waals surface area (Å²) in [5.74, 6) is -0.0511. The van der Waals surface area contributed by atoms with Gasteiger partial charge in [-0.25, -0.2) is 0 Å². The number of benzene rings is 1. The van der Waals surface area contributed by atoms with Gasteiger partial charge < -0.3 is 15.8 Å². The first-order valence-corrected chi connectivity index (χ1v) is 6.37. The number of ether oxygens (including phenoxy) is 1. The molecule has 0 spiro atoms. The van der Waals surface area contributed by atoms with E-state index in [-0.39, 0.29) is 18.9 Å². The van der Waals surface area contributed by atoms with Crippen LogP contribution in [0.1, 0.15) is 18.9 Å². The quantitative estimate of drug-likeness (QED) is 0.791. The summed E-state index contributed by atoms with van der Waals surface area (Å²) in [5, 5.41) is 3.18. The molecule has 1 aromatic carbocycles. The summed E-state index contributed by atoms with van der Waals surface area (Å²) in [4.78, 5) is 22.1. The summed E-state index contributed by atoms with van der Waals surface area (Å²) >= 11 is 5.89. The minimum Gasteiger partial charge on any atom is -0.483 e. The molecule has 3 N–H and O–H groups in total. The minimum atomic E-state index is -0.394. The van der Waals surface area contributed by atoms with Crippen LogP contribution < -0.4 is 15.8 Å². The maximum Gasteiger partial charge on any atom is 0.257 e. The van der Waals surface area contributed by atoms with E-state index in [4.69, 9.17) is 22.1 Å². The lowest BCUT2D eigenvalue weighted by atomic mass is 10.1. The molecule has 1 rings (SSSR count). The Bertz CT molecular complexity index is 463. The number of amides is 2. The number of aryl methyl sites for hydroxylation is 1. The van der Waals surface area contributed by atoms with Crippen LogP contribution in [0.15, 0.2) is 18.2 Å². The smallest absolute Gasteiger partial charge is 0.257 e. The Morgan fingerprint density at radius 1 is 1.42 bits per heavy atom. The van der Waals surface area contributed by atoms with Crippen molar-refractivity contribution in [1.29, 1.82) is 0 Å². The molecule has 1 aromatic rings. The molecule has 0 saturated heterocycles. The van der Waals surface area contributed by atoms with Gasteiger partial charge in [0.1, 0.15) is 5.75 Å². The first kappa shape index (κ1) is 15.3. The molecule has 2 amide bonds. The predicted octanol–water partition coefficient (Wildman–Crippen LogP) is 1.27. The molecule has 0 atom stereocenters. The van der Waals surface area contributed by atoms with Crippen LogP contribution in [0.4, 0.5) is 0 Å². The normalized spacial score (nSPS) is 10.0. The van der Waals surface area contributed by atoms with Crippen molar-refractivity contribution < 1.29 is 14.3 Å². The van der Waals surface area contributed by atoms with Crippen molar-refractivity contribution in [2.45, 2.75) is 19.8 Å². The summed E-state index contributed by atoms with van der Waals surface area (Å²) in [6.07, 6.45) is 0.637. The lowest BCUT2D eigenvalue weighted by Crippen LogP contribution is -2.28. The van der Waals surface area contributed by atoms with E-state index in [1.807, 2.05) is 6.92 Å². The monoisotopic (exact) mass is 284 g/mol. The van der Waals surface area contributed by atoms with E-state index in [0.29, 0.717) is 23.7 Å². The molecular formula is C13H17ClN2O3. The van der Waals surface area contributed by atoms with Crippen LogP contribution in [0.5, 0.6) is 5.75 Å². The second kappa shape index (κ2) is 7.63.